The third-order valence-corrected chi connectivity index (χ3v) is 5.94. The number of para-hydroxylation sites is 2. The van der Waals surface area contributed by atoms with Gasteiger partial charge in [0, 0.05) is 58.2 Å². The third-order valence-electron chi connectivity index (χ3n) is 5.94. The molecule has 2 heterocycles. The van der Waals surface area contributed by atoms with Crippen LogP contribution in [0.1, 0.15) is 23.7 Å². The molecule has 160 valence electrons. The number of carbonyl (C=O) groups is 2. The normalized spacial score (nSPS) is 12.4. The molecule has 0 radical (unpaired) electrons. The fourth-order valence-corrected chi connectivity index (χ4v) is 4.50. The van der Waals surface area contributed by atoms with Gasteiger partial charge in [0.25, 0.3) is 0 Å². The van der Waals surface area contributed by atoms with Crippen molar-refractivity contribution in [3.8, 4) is 0 Å². The largest absolute Gasteiger partial charge is 0.480 e. The molecule has 0 spiro atoms. The first-order valence-corrected chi connectivity index (χ1v) is 10.6. The summed E-state index contributed by atoms with van der Waals surface area (Å²) in [6.45, 7) is 1.34. The zero-order valence-corrected chi connectivity index (χ0v) is 17.6. The number of carboxylic acid groups (broad SMARTS) is 1. The summed E-state index contributed by atoms with van der Waals surface area (Å²) in [5.74, 6) is -1.40. The molecule has 0 saturated heterocycles. The van der Waals surface area contributed by atoms with Crippen molar-refractivity contribution in [1.29, 1.82) is 0 Å². The van der Waals surface area contributed by atoms with E-state index in [9.17, 15) is 14.7 Å². The first-order chi connectivity index (χ1) is 15.5. The quantitative estimate of drug-likeness (QED) is 0.322. The Morgan fingerprint density at radius 3 is 2.25 bits per heavy atom. The number of amides is 1. The van der Waals surface area contributed by atoms with Gasteiger partial charge in [0.2, 0.25) is 5.91 Å². The van der Waals surface area contributed by atoms with Gasteiger partial charge in [-0.1, -0.05) is 42.5 Å². The first kappa shape index (κ1) is 19.9. The van der Waals surface area contributed by atoms with Crippen molar-refractivity contribution in [2.24, 2.45) is 0 Å². The van der Waals surface area contributed by atoms with Crippen LogP contribution in [0, 0.1) is 0 Å². The van der Waals surface area contributed by atoms with Gasteiger partial charge in [0.15, 0.2) is 0 Å². The summed E-state index contributed by atoms with van der Waals surface area (Å²) in [4.78, 5) is 30.2. The number of aliphatic carboxylic acids is 1. The van der Waals surface area contributed by atoms with E-state index in [0.29, 0.717) is 6.42 Å². The third kappa shape index (κ3) is 3.60. The maximum atomic E-state index is 11.8. The van der Waals surface area contributed by atoms with E-state index in [1.807, 2.05) is 36.4 Å². The Morgan fingerprint density at radius 1 is 0.875 bits per heavy atom. The molecule has 0 saturated carbocycles. The molecule has 5 aromatic rings. The monoisotopic (exact) mass is 425 g/mol. The molecule has 0 aliphatic rings. The fraction of sp³-hybridized carbons (Fsp3) is 0.154. The smallest absolute Gasteiger partial charge is 0.326 e. The highest BCUT2D eigenvalue weighted by Crippen LogP contribution is 2.29. The van der Waals surface area contributed by atoms with Crippen LogP contribution in [0.5, 0.6) is 0 Å². The second kappa shape index (κ2) is 7.89. The Balaban J connectivity index is 1.56. The van der Waals surface area contributed by atoms with Gasteiger partial charge in [0.1, 0.15) is 6.04 Å². The summed E-state index contributed by atoms with van der Waals surface area (Å²) in [6, 6.07) is 21.5. The van der Waals surface area contributed by atoms with Gasteiger partial charge >= 0.3 is 5.97 Å². The van der Waals surface area contributed by atoms with E-state index >= 15 is 0 Å². The predicted molar refractivity (Wildman–Crippen MR) is 126 cm³/mol. The highest BCUT2D eigenvalue weighted by molar-refractivity contribution is 6.07. The highest BCUT2D eigenvalue weighted by atomic mass is 16.4. The van der Waals surface area contributed by atoms with Gasteiger partial charge in [-0.15, -0.1) is 0 Å². The number of carbonyl (C=O) groups excluding carboxylic acids is 1. The van der Waals surface area contributed by atoms with Crippen LogP contribution in [0.2, 0.25) is 0 Å². The molecule has 4 N–H and O–H groups in total. The molecular formula is C26H23N3O3. The van der Waals surface area contributed by atoms with E-state index in [1.54, 1.807) is 0 Å². The lowest BCUT2D eigenvalue weighted by atomic mass is 9.98. The molecular weight excluding hydrogens is 402 g/mol. The van der Waals surface area contributed by atoms with Gasteiger partial charge in [-0.25, -0.2) is 4.79 Å². The standard InChI is InChI=1S/C26H23N3O3/c1-15(30)27-25(26(31)32)14-20-18-7-3-5-9-22(18)29-24(20)13-16-10-11-23-19(12-16)17-6-2-4-8-21(17)28-23/h2-12,25,28-29H,13-14H2,1H3,(H,27,30)(H,31,32)/t25-/m0/s1. The number of fused-ring (bicyclic) bond motifs is 4. The Morgan fingerprint density at radius 2 is 1.53 bits per heavy atom. The van der Waals surface area contributed by atoms with Gasteiger partial charge in [-0.3, -0.25) is 4.79 Å². The maximum Gasteiger partial charge on any atom is 0.326 e. The number of hydrogen-bond acceptors (Lipinski definition) is 2. The molecule has 1 amide bonds. The van der Waals surface area contributed by atoms with Crippen molar-refractivity contribution in [3.05, 3.63) is 83.6 Å². The van der Waals surface area contributed by atoms with Crippen molar-refractivity contribution in [3.63, 3.8) is 0 Å². The lowest BCUT2D eigenvalue weighted by Gasteiger charge is -2.14. The number of carboxylic acids is 1. The number of benzene rings is 3. The number of aromatic nitrogens is 2. The number of hydrogen-bond donors (Lipinski definition) is 4. The molecule has 0 aliphatic carbocycles. The van der Waals surface area contributed by atoms with Crippen molar-refractivity contribution < 1.29 is 14.7 Å². The lowest BCUT2D eigenvalue weighted by molar-refractivity contribution is -0.141. The summed E-state index contributed by atoms with van der Waals surface area (Å²) in [5.41, 5.74) is 6.15. The van der Waals surface area contributed by atoms with Crippen LogP contribution in [0.15, 0.2) is 66.7 Å². The number of aromatic amines is 2. The van der Waals surface area contributed by atoms with E-state index in [-0.39, 0.29) is 12.3 Å². The van der Waals surface area contributed by atoms with Crippen molar-refractivity contribution in [2.45, 2.75) is 25.8 Å². The Bertz CT molecular complexity index is 1480. The van der Waals surface area contributed by atoms with Crippen LogP contribution in [0.25, 0.3) is 32.7 Å². The molecule has 6 nitrogen and oxygen atoms in total. The zero-order valence-electron chi connectivity index (χ0n) is 17.6. The van der Waals surface area contributed by atoms with E-state index in [1.165, 1.54) is 12.3 Å². The molecule has 2 aromatic heterocycles. The topological polar surface area (TPSA) is 98.0 Å². The average molecular weight is 425 g/mol. The minimum absolute atomic E-state index is 0.212. The van der Waals surface area contributed by atoms with Crippen LogP contribution in [-0.2, 0) is 22.4 Å². The number of rotatable bonds is 6. The maximum absolute atomic E-state index is 11.8. The van der Waals surface area contributed by atoms with Crippen LogP contribution < -0.4 is 5.32 Å². The molecule has 3 aromatic carbocycles. The molecule has 0 unspecified atom stereocenters. The van der Waals surface area contributed by atoms with E-state index in [0.717, 1.165) is 44.1 Å². The lowest BCUT2D eigenvalue weighted by Crippen LogP contribution is -2.41. The van der Waals surface area contributed by atoms with Crippen molar-refractivity contribution >= 4 is 44.6 Å². The predicted octanol–water partition coefficient (Wildman–Crippen LogP) is 4.53. The molecule has 0 aliphatic heterocycles. The van der Waals surface area contributed by atoms with Gasteiger partial charge in [-0.2, -0.15) is 0 Å². The van der Waals surface area contributed by atoms with Gasteiger partial charge in [-0.05, 0) is 35.4 Å². The summed E-state index contributed by atoms with van der Waals surface area (Å²) < 4.78 is 0. The first-order valence-electron chi connectivity index (χ1n) is 10.6. The minimum atomic E-state index is -1.04. The summed E-state index contributed by atoms with van der Waals surface area (Å²) in [5, 5.41) is 15.5. The molecule has 32 heavy (non-hydrogen) atoms. The van der Waals surface area contributed by atoms with E-state index in [4.69, 9.17) is 0 Å². The number of H-pyrrole nitrogens is 2. The second-order valence-corrected chi connectivity index (χ2v) is 8.15. The average Bonchev–Trinajstić information content (AvgIpc) is 3.31. The SMILES string of the molecule is CC(=O)N[C@@H](Cc1c(Cc2ccc3[nH]c4ccccc4c3c2)[nH]c2ccccc12)C(=O)O. The highest BCUT2D eigenvalue weighted by Gasteiger charge is 2.23. The van der Waals surface area contributed by atoms with E-state index < -0.39 is 12.0 Å². The summed E-state index contributed by atoms with van der Waals surface area (Å²) >= 11 is 0. The molecule has 6 heteroatoms. The number of nitrogens with one attached hydrogen (secondary N) is 3. The second-order valence-electron chi connectivity index (χ2n) is 8.15. The van der Waals surface area contributed by atoms with Gasteiger partial charge < -0.3 is 20.4 Å². The zero-order chi connectivity index (χ0) is 22.2. The van der Waals surface area contributed by atoms with Crippen molar-refractivity contribution in [2.75, 3.05) is 0 Å². The van der Waals surface area contributed by atoms with E-state index in [2.05, 4.69) is 45.6 Å². The van der Waals surface area contributed by atoms with Crippen molar-refractivity contribution in [1.82, 2.24) is 15.3 Å². The summed E-state index contributed by atoms with van der Waals surface area (Å²) in [7, 11) is 0. The Hall–Kier alpha value is -4.06. The molecule has 1 atom stereocenters. The van der Waals surface area contributed by atoms with Crippen LogP contribution >= 0.6 is 0 Å². The van der Waals surface area contributed by atoms with Crippen LogP contribution in [-0.4, -0.2) is 33.0 Å². The minimum Gasteiger partial charge on any atom is -0.480 e. The summed E-state index contributed by atoms with van der Waals surface area (Å²) in [6.07, 6.45) is 0.843. The van der Waals surface area contributed by atoms with Crippen LogP contribution in [0.3, 0.4) is 0 Å². The molecule has 5 rings (SSSR count). The Labute approximate surface area is 184 Å². The molecule has 0 fully saturated rings. The van der Waals surface area contributed by atoms with Crippen LogP contribution in [0.4, 0.5) is 0 Å². The Kier molecular flexibility index (Phi) is 4.90. The van der Waals surface area contributed by atoms with Gasteiger partial charge in [0.05, 0.1) is 0 Å². The fourth-order valence-electron chi connectivity index (χ4n) is 4.50. The molecule has 0 bridgehead atoms.